The lowest BCUT2D eigenvalue weighted by molar-refractivity contribution is 0.230. The molecule has 0 radical (unpaired) electrons. The molecule has 4 nitrogen and oxygen atoms in total. The number of carbonyl (C=O) groups excluding carboxylic acids is 1. The number of hydrogen-bond acceptors (Lipinski definition) is 3. The fourth-order valence-corrected chi connectivity index (χ4v) is 3.06. The maximum Gasteiger partial charge on any atom is 0.315 e. The quantitative estimate of drug-likeness (QED) is 0.782. The molecule has 18 heavy (non-hydrogen) atoms. The number of amides is 2. The Balaban J connectivity index is 2.08. The molecule has 0 spiro atoms. The van der Waals surface area contributed by atoms with Gasteiger partial charge in [-0.15, -0.1) is 11.8 Å². The maximum absolute atomic E-state index is 13.6. The van der Waals surface area contributed by atoms with Crippen LogP contribution in [0.1, 0.15) is 18.0 Å². The Labute approximate surface area is 109 Å². The second-order valence-corrected chi connectivity index (χ2v) is 5.08. The van der Waals surface area contributed by atoms with Crippen molar-refractivity contribution in [3.05, 3.63) is 29.6 Å². The summed E-state index contributed by atoms with van der Waals surface area (Å²) in [6.45, 7) is 0.114. The lowest BCUT2D eigenvalue weighted by Crippen LogP contribution is -2.40. The van der Waals surface area contributed by atoms with Crippen LogP contribution < -0.4 is 10.6 Å². The van der Waals surface area contributed by atoms with E-state index in [1.807, 2.05) is 6.07 Å². The average molecular weight is 270 g/mol. The highest BCUT2D eigenvalue weighted by Crippen LogP contribution is 2.37. The predicted octanol–water partition coefficient (Wildman–Crippen LogP) is 1.65. The summed E-state index contributed by atoms with van der Waals surface area (Å²) in [5.41, 5.74) is 0.824. The fourth-order valence-electron chi connectivity index (χ4n) is 1.92. The predicted molar refractivity (Wildman–Crippen MR) is 68.1 cm³/mol. The highest BCUT2D eigenvalue weighted by Gasteiger charge is 2.24. The van der Waals surface area contributed by atoms with Crippen molar-refractivity contribution in [2.24, 2.45) is 0 Å². The highest BCUT2D eigenvalue weighted by molar-refractivity contribution is 7.99. The van der Waals surface area contributed by atoms with Gasteiger partial charge in [-0.1, -0.05) is 12.1 Å². The van der Waals surface area contributed by atoms with Gasteiger partial charge in [0.05, 0.1) is 12.6 Å². The lowest BCUT2D eigenvalue weighted by atomic mass is 10.0. The van der Waals surface area contributed by atoms with Crippen molar-refractivity contribution >= 4 is 17.8 Å². The van der Waals surface area contributed by atoms with Gasteiger partial charge in [0.2, 0.25) is 0 Å². The Morgan fingerprint density at radius 3 is 3.17 bits per heavy atom. The Kier molecular flexibility index (Phi) is 4.43. The van der Waals surface area contributed by atoms with E-state index < -0.39 is 0 Å². The van der Waals surface area contributed by atoms with Crippen LogP contribution in [-0.4, -0.2) is 30.0 Å². The summed E-state index contributed by atoms with van der Waals surface area (Å²) in [7, 11) is 0. The normalized spacial score (nSPS) is 18.0. The van der Waals surface area contributed by atoms with Gasteiger partial charge in [0.15, 0.2) is 0 Å². The van der Waals surface area contributed by atoms with E-state index in [0.29, 0.717) is 4.90 Å². The summed E-state index contributed by atoms with van der Waals surface area (Å²) >= 11 is 1.48. The molecule has 0 fully saturated rings. The summed E-state index contributed by atoms with van der Waals surface area (Å²) in [6.07, 6.45) is 0.771. The number of hydrogen-bond donors (Lipinski definition) is 3. The van der Waals surface area contributed by atoms with Gasteiger partial charge in [0.25, 0.3) is 0 Å². The van der Waals surface area contributed by atoms with Crippen molar-refractivity contribution in [2.45, 2.75) is 17.4 Å². The molecule has 1 atom stereocenters. The van der Waals surface area contributed by atoms with Crippen molar-refractivity contribution < 1.29 is 14.3 Å². The third-order valence-electron chi connectivity index (χ3n) is 2.73. The van der Waals surface area contributed by atoms with Crippen LogP contribution in [0.4, 0.5) is 9.18 Å². The van der Waals surface area contributed by atoms with Gasteiger partial charge >= 0.3 is 6.03 Å². The fraction of sp³-hybridized carbons (Fsp3) is 0.417. The zero-order chi connectivity index (χ0) is 13.0. The number of benzene rings is 1. The van der Waals surface area contributed by atoms with Gasteiger partial charge in [-0.2, -0.15) is 0 Å². The van der Waals surface area contributed by atoms with E-state index >= 15 is 0 Å². The van der Waals surface area contributed by atoms with Crippen molar-refractivity contribution in [3.63, 3.8) is 0 Å². The number of aliphatic hydroxyl groups excluding tert-OH is 1. The van der Waals surface area contributed by atoms with Crippen molar-refractivity contribution in [1.82, 2.24) is 10.6 Å². The molecule has 3 N–H and O–H groups in total. The SMILES string of the molecule is O=C(NCCO)NC1CCSc2c(F)cccc21. The number of urea groups is 1. The first kappa shape index (κ1) is 13.2. The number of carbonyl (C=O) groups is 1. The van der Waals surface area contributed by atoms with Gasteiger partial charge in [0.1, 0.15) is 5.82 Å². The standard InChI is InChI=1S/C12H15FN2O2S/c13-9-3-1-2-8-10(4-7-18-11(8)9)15-12(17)14-5-6-16/h1-3,10,16H,4-7H2,(H2,14,15,17). The Bertz CT molecular complexity index is 442. The lowest BCUT2D eigenvalue weighted by Gasteiger charge is -2.26. The molecule has 0 aromatic heterocycles. The highest BCUT2D eigenvalue weighted by atomic mass is 32.2. The first-order chi connectivity index (χ1) is 8.72. The number of aliphatic hydroxyl groups is 1. The second-order valence-electron chi connectivity index (χ2n) is 3.97. The molecule has 0 saturated carbocycles. The molecular formula is C12H15FN2O2S. The summed E-state index contributed by atoms with van der Waals surface area (Å²) < 4.78 is 13.6. The number of halogens is 1. The minimum atomic E-state index is -0.337. The molecule has 1 unspecified atom stereocenters. The number of thioether (sulfide) groups is 1. The Hall–Kier alpha value is -1.27. The summed E-state index contributed by atoms with van der Waals surface area (Å²) in [5, 5.41) is 13.9. The monoisotopic (exact) mass is 270 g/mol. The molecule has 1 aliphatic rings. The maximum atomic E-state index is 13.6. The molecule has 0 saturated heterocycles. The Morgan fingerprint density at radius 2 is 2.39 bits per heavy atom. The van der Waals surface area contributed by atoms with Crippen LogP contribution in [0.25, 0.3) is 0 Å². The summed E-state index contributed by atoms with van der Waals surface area (Å²) in [5.74, 6) is 0.540. The van der Waals surface area contributed by atoms with E-state index in [2.05, 4.69) is 10.6 Å². The van der Waals surface area contributed by atoms with E-state index in [9.17, 15) is 9.18 Å². The van der Waals surface area contributed by atoms with E-state index in [0.717, 1.165) is 17.7 Å². The third-order valence-corrected chi connectivity index (χ3v) is 3.89. The average Bonchev–Trinajstić information content (AvgIpc) is 2.38. The van der Waals surface area contributed by atoms with Gasteiger partial charge < -0.3 is 15.7 Å². The first-order valence-electron chi connectivity index (χ1n) is 5.79. The van der Waals surface area contributed by atoms with Gasteiger partial charge in [-0.3, -0.25) is 0 Å². The molecule has 0 aliphatic carbocycles. The number of rotatable bonds is 3. The van der Waals surface area contributed by atoms with Gasteiger partial charge in [-0.25, -0.2) is 9.18 Å². The molecule has 98 valence electrons. The van der Waals surface area contributed by atoms with Crippen LogP contribution in [0.2, 0.25) is 0 Å². The summed E-state index contributed by atoms with van der Waals surface area (Å²) in [6, 6.07) is 4.41. The largest absolute Gasteiger partial charge is 0.395 e. The van der Waals surface area contributed by atoms with Gasteiger partial charge in [0, 0.05) is 17.2 Å². The van der Waals surface area contributed by atoms with Crippen LogP contribution in [-0.2, 0) is 0 Å². The van der Waals surface area contributed by atoms with Crippen molar-refractivity contribution in [3.8, 4) is 0 Å². The van der Waals surface area contributed by atoms with Crippen molar-refractivity contribution in [2.75, 3.05) is 18.9 Å². The number of nitrogens with one attached hydrogen (secondary N) is 2. The zero-order valence-corrected chi connectivity index (χ0v) is 10.6. The molecule has 1 aromatic rings. The van der Waals surface area contributed by atoms with Crippen LogP contribution in [0, 0.1) is 5.82 Å². The van der Waals surface area contributed by atoms with Crippen LogP contribution in [0.15, 0.2) is 23.1 Å². The molecule has 0 bridgehead atoms. The molecule has 1 heterocycles. The third kappa shape index (κ3) is 2.94. The van der Waals surface area contributed by atoms with Crippen LogP contribution >= 0.6 is 11.8 Å². The molecular weight excluding hydrogens is 255 g/mol. The second kappa shape index (κ2) is 6.06. The Morgan fingerprint density at radius 1 is 1.56 bits per heavy atom. The topological polar surface area (TPSA) is 61.4 Å². The summed E-state index contributed by atoms with van der Waals surface area (Å²) in [4.78, 5) is 12.2. The molecule has 1 aliphatic heterocycles. The van der Waals surface area contributed by atoms with E-state index in [1.54, 1.807) is 6.07 Å². The van der Waals surface area contributed by atoms with Crippen LogP contribution in [0.5, 0.6) is 0 Å². The van der Waals surface area contributed by atoms with Crippen molar-refractivity contribution in [1.29, 1.82) is 0 Å². The van der Waals surface area contributed by atoms with Gasteiger partial charge in [-0.05, 0) is 18.1 Å². The smallest absolute Gasteiger partial charge is 0.315 e. The van der Waals surface area contributed by atoms with Crippen LogP contribution in [0.3, 0.4) is 0 Å². The molecule has 1 aromatic carbocycles. The molecule has 6 heteroatoms. The minimum Gasteiger partial charge on any atom is -0.395 e. The molecule has 2 rings (SSSR count). The zero-order valence-electron chi connectivity index (χ0n) is 9.78. The molecule has 2 amide bonds. The van der Waals surface area contributed by atoms with E-state index in [4.69, 9.17) is 5.11 Å². The van der Waals surface area contributed by atoms with E-state index in [1.165, 1.54) is 17.8 Å². The minimum absolute atomic E-state index is 0.0981. The number of fused-ring (bicyclic) bond motifs is 1. The first-order valence-corrected chi connectivity index (χ1v) is 6.77. The van der Waals surface area contributed by atoms with E-state index in [-0.39, 0.29) is 31.0 Å².